The maximum absolute atomic E-state index is 13.6. The molecule has 1 fully saturated rings. The lowest BCUT2D eigenvalue weighted by molar-refractivity contribution is 0.158. The van der Waals surface area contributed by atoms with Crippen molar-refractivity contribution in [3.05, 3.63) is 59.2 Å². The predicted molar refractivity (Wildman–Crippen MR) is 108 cm³/mol. The van der Waals surface area contributed by atoms with Crippen molar-refractivity contribution >= 4 is 0 Å². The Morgan fingerprint density at radius 2 is 2.11 bits per heavy atom. The quantitative estimate of drug-likeness (QED) is 0.826. The minimum atomic E-state index is -0.303. The molecule has 3 heterocycles. The van der Waals surface area contributed by atoms with E-state index in [1.165, 1.54) is 24.4 Å². The van der Waals surface area contributed by atoms with Gasteiger partial charge in [-0.1, -0.05) is 12.1 Å². The van der Waals surface area contributed by atoms with Gasteiger partial charge in [0.15, 0.2) is 11.6 Å². The Morgan fingerprint density at radius 3 is 3.00 bits per heavy atom. The third-order valence-electron chi connectivity index (χ3n) is 5.81. The predicted octanol–water partition coefficient (Wildman–Crippen LogP) is 2.10. The summed E-state index contributed by atoms with van der Waals surface area (Å²) >= 11 is 0. The molecule has 1 saturated heterocycles. The highest BCUT2D eigenvalue weighted by Gasteiger charge is 2.22. The normalized spacial score (nSPS) is 20.7. The molecule has 1 atom stereocenters. The van der Waals surface area contributed by atoms with Crippen LogP contribution < -0.4 is 10.1 Å². The molecule has 5 nitrogen and oxygen atoms in total. The van der Waals surface area contributed by atoms with E-state index in [0.717, 1.165) is 64.2 Å². The fourth-order valence-corrected chi connectivity index (χ4v) is 4.25. The monoisotopic (exact) mass is 384 g/mol. The van der Waals surface area contributed by atoms with Gasteiger partial charge in [0.05, 0.1) is 7.11 Å². The summed E-state index contributed by atoms with van der Waals surface area (Å²) < 4.78 is 18.7. The molecule has 0 saturated carbocycles. The van der Waals surface area contributed by atoms with E-state index >= 15 is 0 Å². The lowest BCUT2D eigenvalue weighted by Crippen LogP contribution is -2.53. The molecule has 28 heavy (non-hydrogen) atoms. The summed E-state index contributed by atoms with van der Waals surface area (Å²) in [5, 5.41) is 3.60. The first kappa shape index (κ1) is 19.3. The van der Waals surface area contributed by atoms with Crippen molar-refractivity contribution in [2.24, 2.45) is 0 Å². The maximum atomic E-state index is 13.6. The number of fused-ring (bicyclic) bond motifs is 1. The number of piperazine rings is 1. The van der Waals surface area contributed by atoms with Crippen molar-refractivity contribution in [1.82, 2.24) is 20.1 Å². The number of nitrogens with one attached hydrogen (secondary N) is 1. The largest absolute Gasteiger partial charge is 0.494 e. The Labute approximate surface area is 166 Å². The topological polar surface area (TPSA) is 40.6 Å². The van der Waals surface area contributed by atoms with E-state index in [1.807, 2.05) is 24.4 Å². The molecule has 1 aromatic heterocycles. The van der Waals surface area contributed by atoms with Gasteiger partial charge in [0.2, 0.25) is 0 Å². The van der Waals surface area contributed by atoms with Gasteiger partial charge in [-0.15, -0.1) is 0 Å². The molecule has 6 heteroatoms. The molecule has 150 valence electrons. The summed E-state index contributed by atoms with van der Waals surface area (Å²) in [4.78, 5) is 9.57. The third-order valence-corrected chi connectivity index (χ3v) is 5.81. The van der Waals surface area contributed by atoms with Gasteiger partial charge in [-0.05, 0) is 35.7 Å². The molecule has 0 bridgehead atoms. The van der Waals surface area contributed by atoms with Gasteiger partial charge in [-0.2, -0.15) is 0 Å². The van der Waals surface area contributed by atoms with Crippen LogP contribution in [0.25, 0.3) is 0 Å². The van der Waals surface area contributed by atoms with Crippen LogP contribution in [0, 0.1) is 5.82 Å². The number of aromatic nitrogens is 1. The van der Waals surface area contributed by atoms with Crippen molar-refractivity contribution in [3.8, 4) is 5.75 Å². The van der Waals surface area contributed by atoms with Gasteiger partial charge in [0, 0.05) is 70.2 Å². The molecule has 1 N–H and O–H groups in total. The van der Waals surface area contributed by atoms with Crippen LogP contribution in [0.4, 0.5) is 4.39 Å². The molecule has 2 aliphatic heterocycles. The maximum Gasteiger partial charge on any atom is 0.165 e. The summed E-state index contributed by atoms with van der Waals surface area (Å²) in [6, 6.07) is 9.79. The van der Waals surface area contributed by atoms with Crippen LogP contribution in [-0.4, -0.2) is 67.2 Å². The van der Waals surface area contributed by atoms with E-state index in [4.69, 9.17) is 4.74 Å². The van der Waals surface area contributed by atoms with Crippen molar-refractivity contribution in [1.29, 1.82) is 0 Å². The first-order valence-corrected chi connectivity index (χ1v) is 10.1. The number of hydrogen-bond donors (Lipinski definition) is 1. The average Bonchev–Trinajstić information content (AvgIpc) is 2.74. The number of benzene rings is 1. The number of hydrogen-bond acceptors (Lipinski definition) is 5. The Bertz CT molecular complexity index is 800. The van der Waals surface area contributed by atoms with Gasteiger partial charge in [-0.25, -0.2) is 4.39 Å². The van der Waals surface area contributed by atoms with E-state index in [9.17, 15) is 4.39 Å². The van der Waals surface area contributed by atoms with Crippen LogP contribution in [0.15, 0.2) is 36.5 Å². The number of halogens is 1. The van der Waals surface area contributed by atoms with E-state index < -0.39 is 0 Å². The third kappa shape index (κ3) is 4.69. The first-order valence-electron chi connectivity index (χ1n) is 10.1. The molecule has 0 aliphatic carbocycles. The number of rotatable bonds is 6. The van der Waals surface area contributed by atoms with Crippen LogP contribution in [0.1, 0.15) is 16.8 Å². The second-order valence-corrected chi connectivity index (χ2v) is 7.76. The van der Waals surface area contributed by atoms with Crippen LogP contribution in [0.2, 0.25) is 0 Å². The van der Waals surface area contributed by atoms with E-state index in [1.54, 1.807) is 0 Å². The minimum absolute atomic E-state index is 0.303. The van der Waals surface area contributed by atoms with Gasteiger partial charge in [-0.3, -0.25) is 14.8 Å². The zero-order valence-corrected chi connectivity index (χ0v) is 16.5. The molecule has 0 radical (unpaired) electrons. The van der Waals surface area contributed by atoms with Crippen LogP contribution in [0.3, 0.4) is 0 Å². The lowest BCUT2D eigenvalue weighted by Gasteiger charge is -2.36. The van der Waals surface area contributed by atoms with Crippen molar-refractivity contribution < 1.29 is 9.13 Å². The second kappa shape index (κ2) is 8.99. The van der Waals surface area contributed by atoms with Crippen molar-refractivity contribution in [3.63, 3.8) is 0 Å². The van der Waals surface area contributed by atoms with Crippen LogP contribution in [-0.2, 0) is 19.4 Å². The Balaban J connectivity index is 1.27. The first-order chi connectivity index (χ1) is 13.7. The summed E-state index contributed by atoms with van der Waals surface area (Å²) in [5.41, 5.74) is 3.74. The molecule has 0 spiro atoms. The molecular weight excluding hydrogens is 355 g/mol. The number of ether oxygens (including phenoxy) is 1. The fourth-order valence-electron chi connectivity index (χ4n) is 4.25. The highest BCUT2D eigenvalue weighted by molar-refractivity contribution is 5.31. The molecule has 2 aliphatic rings. The molecule has 0 amide bonds. The number of nitrogens with zero attached hydrogens (tertiary/aromatic N) is 3. The second-order valence-electron chi connectivity index (χ2n) is 7.76. The molecular formula is C22H29FN4O. The van der Waals surface area contributed by atoms with Crippen LogP contribution >= 0.6 is 0 Å². The standard InChI is InChI=1S/C22H29FN4O/c1-28-22-14-17(4-5-20(22)23)13-19-16-27(10-8-24-19)12-11-26-9-6-21-18(15-26)3-2-7-25-21/h2-5,7,14,19,24H,6,8-13,15-16H2,1H3/t19-/m1/s1. The molecule has 1 aromatic carbocycles. The highest BCUT2D eigenvalue weighted by atomic mass is 19.1. The van der Waals surface area contributed by atoms with Gasteiger partial charge < -0.3 is 10.1 Å². The lowest BCUT2D eigenvalue weighted by atomic mass is 10.0. The fraction of sp³-hybridized carbons (Fsp3) is 0.500. The zero-order chi connectivity index (χ0) is 19.3. The average molecular weight is 384 g/mol. The summed E-state index contributed by atoms with van der Waals surface area (Å²) in [7, 11) is 1.51. The van der Waals surface area contributed by atoms with Gasteiger partial charge in [0.25, 0.3) is 0 Å². The van der Waals surface area contributed by atoms with Gasteiger partial charge in [0.1, 0.15) is 0 Å². The van der Waals surface area contributed by atoms with Gasteiger partial charge >= 0.3 is 0 Å². The van der Waals surface area contributed by atoms with Crippen LogP contribution in [0.5, 0.6) is 5.75 Å². The van der Waals surface area contributed by atoms with E-state index in [0.29, 0.717) is 11.8 Å². The number of methoxy groups -OCH3 is 1. The van der Waals surface area contributed by atoms with E-state index in [-0.39, 0.29) is 5.82 Å². The van der Waals surface area contributed by atoms with E-state index in [2.05, 4.69) is 26.2 Å². The number of pyridine rings is 1. The SMILES string of the molecule is COc1cc(C[C@@H]2CN(CCN3CCc4ncccc4C3)CCN2)ccc1F. The minimum Gasteiger partial charge on any atom is -0.494 e. The highest BCUT2D eigenvalue weighted by Crippen LogP contribution is 2.20. The van der Waals surface area contributed by atoms with Crippen molar-refractivity contribution in [2.75, 3.05) is 46.4 Å². The van der Waals surface area contributed by atoms with Crippen molar-refractivity contribution in [2.45, 2.75) is 25.4 Å². The Hall–Kier alpha value is -2.02. The summed E-state index contributed by atoms with van der Waals surface area (Å²) in [5.74, 6) is 0.0211. The zero-order valence-electron chi connectivity index (χ0n) is 16.5. The molecule has 2 aromatic rings. The molecule has 4 rings (SSSR count). The Morgan fingerprint density at radius 1 is 1.21 bits per heavy atom. The molecule has 0 unspecified atom stereocenters. The summed E-state index contributed by atoms with van der Waals surface area (Å²) in [6.07, 6.45) is 3.83. The Kier molecular flexibility index (Phi) is 6.20. The smallest absolute Gasteiger partial charge is 0.165 e. The summed E-state index contributed by atoms with van der Waals surface area (Å²) in [6.45, 7) is 7.37.